The predicted molar refractivity (Wildman–Crippen MR) is 110 cm³/mol. The molecule has 0 unspecified atom stereocenters. The maximum Gasteiger partial charge on any atom is 0.209 e. The fraction of sp³-hybridized carbons (Fsp3) is 0.316. The van der Waals surface area contributed by atoms with Gasteiger partial charge in [0.25, 0.3) is 0 Å². The molecule has 0 amide bonds. The molecule has 0 atom stereocenters. The van der Waals surface area contributed by atoms with Crippen molar-refractivity contribution in [3.63, 3.8) is 0 Å². The Hall–Kier alpha value is -2.07. The summed E-state index contributed by atoms with van der Waals surface area (Å²) >= 11 is 7.63. The van der Waals surface area contributed by atoms with Crippen molar-refractivity contribution in [2.24, 2.45) is 7.05 Å². The van der Waals surface area contributed by atoms with Gasteiger partial charge in [0, 0.05) is 31.5 Å². The monoisotopic (exact) mass is 472 g/mol. The third-order valence-electron chi connectivity index (χ3n) is 4.08. The van der Waals surface area contributed by atoms with Crippen molar-refractivity contribution < 1.29 is 26.3 Å². The zero-order chi connectivity index (χ0) is 20.6. The molecule has 0 spiro atoms. The van der Waals surface area contributed by atoms with E-state index in [0.717, 1.165) is 23.0 Å². The van der Waals surface area contributed by atoms with E-state index in [0.29, 0.717) is 28.6 Å². The van der Waals surface area contributed by atoms with Gasteiger partial charge in [-0.3, -0.25) is 0 Å². The average molecular weight is 473 g/mol. The Morgan fingerprint density at radius 3 is 2.77 bits per heavy atom. The minimum atomic E-state index is -0.396. The number of hydrogen-bond donors (Lipinski definition) is 1. The van der Waals surface area contributed by atoms with Crippen molar-refractivity contribution in [2.45, 2.75) is 18.3 Å². The number of nitrogens with zero attached hydrogens (tertiary/aromatic N) is 4. The Morgan fingerprint density at radius 2 is 2.07 bits per heavy atom. The van der Waals surface area contributed by atoms with E-state index >= 15 is 0 Å². The van der Waals surface area contributed by atoms with Crippen molar-refractivity contribution in [3.8, 4) is 11.5 Å². The summed E-state index contributed by atoms with van der Waals surface area (Å²) in [6, 6.07) is 10.2. The predicted octanol–water partition coefficient (Wildman–Crippen LogP) is 0.476. The van der Waals surface area contributed by atoms with E-state index in [1.807, 2.05) is 25.2 Å². The molecule has 0 radical (unpaired) electrons. The molecule has 3 rings (SSSR count). The largest absolute Gasteiger partial charge is 1.00 e. The number of aryl methyl sites for hydroxylation is 1. The molecule has 1 N–H and O–H groups in total. The van der Waals surface area contributed by atoms with Crippen LogP contribution >= 0.6 is 23.4 Å². The van der Waals surface area contributed by atoms with Crippen molar-refractivity contribution in [1.82, 2.24) is 25.5 Å². The highest BCUT2D eigenvalue weighted by Gasteiger charge is 2.11. The minimum absolute atomic E-state index is 0. The van der Waals surface area contributed by atoms with Crippen LogP contribution in [0.2, 0.25) is 5.02 Å². The van der Waals surface area contributed by atoms with Gasteiger partial charge in [-0.25, -0.2) is 9.07 Å². The summed E-state index contributed by atoms with van der Waals surface area (Å²) in [6.45, 7) is 1.49. The van der Waals surface area contributed by atoms with Gasteiger partial charge >= 0.3 is 0 Å². The first kappa shape index (κ1) is 24.2. The lowest BCUT2D eigenvalue weighted by molar-refractivity contribution is -0.00000724. The van der Waals surface area contributed by atoms with Crippen LogP contribution in [0, 0.1) is 5.82 Å². The van der Waals surface area contributed by atoms with E-state index in [2.05, 4.69) is 20.8 Å². The number of thioether (sulfide) groups is 1. The van der Waals surface area contributed by atoms with Gasteiger partial charge in [0.1, 0.15) is 12.4 Å². The lowest BCUT2D eigenvalue weighted by atomic mass is 10.2. The van der Waals surface area contributed by atoms with Crippen LogP contribution < -0.4 is 27.2 Å². The summed E-state index contributed by atoms with van der Waals surface area (Å²) in [5.41, 5.74) is 1.36. The fourth-order valence-electron chi connectivity index (χ4n) is 2.55. The lowest BCUT2D eigenvalue weighted by Crippen LogP contribution is -3.00. The molecular weight excluding hydrogens is 452 g/mol. The van der Waals surface area contributed by atoms with Crippen molar-refractivity contribution in [1.29, 1.82) is 0 Å². The molecule has 0 bridgehead atoms. The Balaban J connectivity index is 0.00000320. The normalized spacial score (nSPS) is 10.5. The molecule has 0 saturated carbocycles. The highest BCUT2D eigenvalue weighted by Crippen LogP contribution is 2.30. The van der Waals surface area contributed by atoms with E-state index in [-0.39, 0.29) is 19.0 Å². The molecule has 30 heavy (non-hydrogen) atoms. The van der Waals surface area contributed by atoms with Crippen LogP contribution in [0.15, 0.2) is 41.6 Å². The number of methoxy groups -OCH3 is 1. The zero-order valence-electron chi connectivity index (χ0n) is 16.4. The van der Waals surface area contributed by atoms with Gasteiger partial charge in [0.15, 0.2) is 11.5 Å². The lowest BCUT2D eigenvalue weighted by Gasteiger charge is -2.13. The number of hydrogen-bond acceptors (Lipinski definition) is 7. The van der Waals surface area contributed by atoms with E-state index in [4.69, 9.17) is 21.1 Å². The third kappa shape index (κ3) is 6.46. The quantitative estimate of drug-likeness (QED) is 0.339. The molecule has 0 aliphatic rings. The second kappa shape index (κ2) is 11.9. The number of halogens is 3. The second-order valence-electron chi connectivity index (χ2n) is 6.08. The molecule has 1 aromatic heterocycles. The average Bonchev–Trinajstić information content (AvgIpc) is 3.12. The number of nitrogens with one attached hydrogen (secondary N) is 1. The Morgan fingerprint density at radius 1 is 1.23 bits per heavy atom. The van der Waals surface area contributed by atoms with Gasteiger partial charge in [-0.2, -0.15) is 0 Å². The summed E-state index contributed by atoms with van der Waals surface area (Å²) in [5, 5.41) is 15.8. The molecule has 11 heteroatoms. The number of rotatable bonds is 10. The van der Waals surface area contributed by atoms with Crippen LogP contribution in [0.4, 0.5) is 4.39 Å². The highest BCUT2D eigenvalue weighted by atomic mass is 35.5. The van der Waals surface area contributed by atoms with Crippen LogP contribution in [0.5, 0.6) is 11.5 Å². The molecule has 162 valence electrons. The van der Waals surface area contributed by atoms with Gasteiger partial charge in [0.2, 0.25) is 5.16 Å². The molecule has 0 saturated heterocycles. The maximum absolute atomic E-state index is 13.9. The first-order valence-electron chi connectivity index (χ1n) is 8.87. The first-order chi connectivity index (χ1) is 14.1. The number of aromatic nitrogens is 4. The molecule has 3 aromatic rings. The molecule has 0 fully saturated rings. The molecule has 0 aliphatic carbocycles. The number of tetrazole rings is 1. The topological polar surface area (TPSA) is 74.1 Å². The molecule has 2 aromatic carbocycles. The van der Waals surface area contributed by atoms with Crippen LogP contribution in [0.25, 0.3) is 0 Å². The Bertz CT molecular complexity index is 940. The van der Waals surface area contributed by atoms with E-state index < -0.39 is 5.82 Å². The molecule has 0 aliphatic heterocycles. The number of ether oxygens (including phenoxy) is 2. The van der Waals surface area contributed by atoms with Crippen molar-refractivity contribution in [3.05, 3.63) is 58.4 Å². The smallest absolute Gasteiger partial charge is 0.209 e. The third-order valence-corrected chi connectivity index (χ3v) is 5.45. The van der Waals surface area contributed by atoms with Gasteiger partial charge in [-0.05, 0) is 40.3 Å². The summed E-state index contributed by atoms with van der Waals surface area (Å²) in [4.78, 5) is 0. The minimum Gasteiger partial charge on any atom is -1.00 e. The molecule has 1 heterocycles. The van der Waals surface area contributed by atoms with Crippen LogP contribution in [-0.2, 0) is 20.2 Å². The van der Waals surface area contributed by atoms with Crippen molar-refractivity contribution in [2.75, 3.05) is 19.4 Å². The van der Waals surface area contributed by atoms with Crippen LogP contribution in [-0.4, -0.2) is 39.6 Å². The summed E-state index contributed by atoms with van der Waals surface area (Å²) in [5.74, 6) is 1.56. The van der Waals surface area contributed by atoms with Crippen LogP contribution in [0.1, 0.15) is 11.1 Å². The highest BCUT2D eigenvalue weighted by molar-refractivity contribution is 7.99. The van der Waals surface area contributed by atoms with Gasteiger partial charge in [0.05, 0.1) is 12.1 Å². The summed E-state index contributed by atoms with van der Waals surface area (Å²) in [7, 11) is 3.38. The van der Waals surface area contributed by atoms with Crippen molar-refractivity contribution >= 4 is 23.4 Å². The Labute approximate surface area is 189 Å². The van der Waals surface area contributed by atoms with E-state index in [1.165, 1.54) is 6.07 Å². The van der Waals surface area contributed by atoms with E-state index in [9.17, 15) is 4.39 Å². The second-order valence-corrected chi connectivity index (χ2v) is 7.55. The Kier molecular flexibility index (Phi) is 9.64. The van der Waals surface area contributed by atoms with Gasteiger partial charge < -0.3 is 27.2 Å². The first-order valence-corrected chi connectivity index (χ1v) is 10.2. The van der Waals surface area contributed by atoms with Gasteiger partial charge in [-0.15, -0.1) is 5.10 Å². The number of benzene rings is 2. The molecular formula is C19H21Cl2FN5O2S-. The van der Waals surface area contributed by atoms with Crippen LogP contribution in [0.3, 0.4) is 0 Å². The van der Waals surface area contributed by atoms with Gasteiger partial charge in [-0.1, -0.05) is 35.5 Å². The SMILES string of the molecule is COc1cc(CNCCSc2nnnn2C)ccc1OCc1c(F)cccc1Cl.[Cl-]. The maximum atomic E-state index is 13.9. The fourth-order valence-corrected chi connectivity index (χ4v) is 3.52. The summed E-state index contributed by atoms with van der Waals surface area (Å²) in [6.07, 6.45) is 0. The summed E-state index contributed by atoms with van der Waals surface area (Å²) < 4.78 is 26.7. The zero-order valence-corrected chi connectivity index (χ0v) is 18.8. The van der Waals surface area contributed by atoms with E-state index in [1.54, 1.807) is 35.7 Å². The standard InChI is InChI=1S/C19H21ClFN5O2S.ClH/c1-26-19(23-24-25-26)29-9-8-22-11-13-6-7-17(18(10-13)27-2)28-12-14-15(20)4-3-5-16(14)21;/h3-7,10,22H,8-9,11-12H2,1-2H3;1H/p-1. The molecule has 7 nitrogen and oxygen atoms in total.